The zero-order valence-electron chi connectivity index (χ0n) is 20.6. The lowest BCUT2D eigenvalue weighted by molar-refractivity contribution is -0.141. The fourth-order valence-corrected chi connectivity index (χ4v) is 4.74. The molecule has 0 saturated heterocycles. The first kappa shape index (κ1) is 27.4. The summed E-state index contributed by atoms with van der Waals surface area (Å²) in [5, 5.41) is 0.640. The van der Waals surface area contributed by atoms with Gasteiger partial charge in [-0.1, -0.05) is 26.0 Å². The van der Waals surface area contributed by atoms with Crippen LogP contribution in [0.2, 0.25) is 0 Å². The van der Waals surface area contributed by atoms with Crippen molar-refractivity contribution in [3.05, 3.63) is 69.7 Å². The molecule has 0 bridgehead atoms. The van der Waals surface area contributed by atoms with Gasteiger partial charge in [0.15, 0.2) is 5.78 Å². The van der Waals surface area contributed by atoms with Crippen LogP contribution in [-0.2, 0) is 22.1 Å². The zero-order valence-corrected chi connectivity index (χ0v) is 21.4. The molecule has 0 unspecified atom stereocenters. The van der Waals surface area contributed by atoms with E-state index in [1.54, 1.807) is 18.2 Å². The number of hydrogen-bond donors (Lipinski definition) is 0. The summed E-state index contributed by atoms with van der Waals surface area (Å²) in [5.41, 5.74) is 2.07. The fourth-order valence-electron chi connectivity index (χ4n) is 3.62. The van der Waals surface area contributed by atoms with Gasteiger partial charge in [0.2, 0.25) is 0 Å². The summed E-state index contributed by atoms with van der Waals surface area (Å²) in [4.78, 5) is 29.4. The van der Waals surface area contributed by atoms with Gasteiger partial charge in [-0.05, 0) is 55.2 Å². The number of rotatable bonds is 10. The van der Waals surface area contributed by atoms with Crippen LogP contribution in [-0.4, -0.2) is 30.0 Å². The van der Waals surface area contributed by atoms with Gasteiger partial charge in [0.25, 0.3) is 0 Å². The summed E-state index contributed by atoms with van der Waals surface area (Å²) in [7, 11) is 0. The molecule has 3 aromatic rings. The van der Waals surface area contributed by atoms with Crippen LogP contribution in [0.15, 0.2) is 42.5 Å². The van der Waals surface area contributed by atoms with Crippen molar-refractivity contribution in [2.24, 2.45) is 0 Å². The number of carbonyl (C=O) groups is 2. The number of aryl methyl sites for hydroxylation is 2. The third kappa shape index (κ3) is 7.16. The standard InChI is InChI=1S/C27H28F3NO4S/c1-16(2)25-22(31-26(36-25)19-5-8-21(9-6-19)27(28,29)30)10-11-23(33)20-7-12-24(17(3)15-20)35-14-13-34-18(4)32/h5-9,12,15-16H,10-11,13-14H2,1-4H3. The topological polar surface area (TPSA) is 65.5 Å². The third-order valence-corrected chi connectivity index (χ3v) is 6.89. The Kier molecular flexibility index (Phi) is 8.89. The monoisotopic (exact) mass is 519 g/mol. The molecule has 0 atom stereocenters. The number of halogens is 3. The van der Waals surface area contributed by atoms with E-state index in [4.69, 9.17) is 9.47 Å². The van der Waals surface area contributed by atoms with Crippen LogP contribution in [0.25, 0.3) is 10.6 Å². The Bertz CT molecular complexity index is 1220. The molecule has 1 aromatic heterocycles. The van der Waals surface area contributed by atoms with Crippen molar-refractivity contribution in [2.45, 2.75) is 52.6 Å². The lowest BCUT2D eigenvalue weighted by atomic mass is 10.0. The van der Waals surface area contributed by atoms with E-state index in [9.17, 15) is 22.8 Å². The molecule has 0 saturated carbocycles. The zero-order chi connectivity index (χ0) is 26.5. The van der Waals surface area contributed by atoms with Crippen LogP contribution < -0.4 is 4.74 Å². The summed E-state index contributed by atoms with van der Waals surface area (Å²) in [6.07, 6.45) is -3.70. The molecule has 36 heavy (non-hydrogen) atoms. The van der Waals surface area contributed by atoms with Gasteiger partial charge in [0, 0.05) is 29.3 Å². The Morgan fingerprint density at radius 3 is 2.33 bits per heavy atom. The molecule has 0 radical (unpaired) electrons. The lowest BCUT2D eigenvalue weighted by Gasteiger charge is -2.10. The quantitative estimate of drug-likeness (QED) is 0.164. The summed E-state index contributed by atoms with van der Waals surface area (Å²) in [6.45, 7) is 7.59. The molecule has 0 fully saturated rings. The van der Waals surface area contributed by atoms with Crippen LogP contribution in [0.5, 0.6) is 5.75 Å². The number of thiazole rings is 1. The molecule has 0 amide bonds. The van der Waals surface area contributed by atoms with E-state index in [0.717, 1.165) is 28.3 Å². The molecule has 0 aliphatic rings. The summed E-state index contributed by atoms with van der Waals surface area (Å²) in [6, 6.07) is 10.2. The molecule has 3 rings (SSSR count). The van der Waals surface area contributed by atoms with Gasteiger partial charge in [0.1, 0.15) is 24.0 Å². The maximum atomic E-state index is 12.9. The van der Waals surface area contributed by atoms with E-state index in [1.165, 1.54) is 30.4 Å². The van der Waals surface area contributed by atoms with Gasteiger partial charge in [-0.25, -0.2) is 4.98 Å². The second kappa shape index (κ2) is 11.7. The van der Waals surface area contributed by atoms with Gasteiger partial charge in [-0.3, -0.25) is 9.59 Å². The van der Waals surface area contributed by atoms with Crippen molar-refractivity contribution in [3.63, 3.8) is 0 Å². The summed E-state index contributed by atoms with van der Waals surface area (Å²) >= 11 is 1.45. The second-order valence-electron chi connectivity index (χ2n) is 8.65. The highest BCUT2D eigenvalue weighted by molar-refractivity contribution is 7.15. The number of ketones is 1. The van der Waals surface area contributed by atoms with Crippen LogP contribution in [0, 0.1) is 6.92 Å². The minimum absolute atomic E-state index is 0.0386. The molecule has 0 aliphatic heterocycles. The number of ether oxygens (including phenoxy) is 2. The molecule has 0 N–H and O–H groups in total. The maximum Gasteiger partial charge on any atom is 0.416 e. The predicted molar refractivity (Wildman–Crippen MR) is 133 cm³/mol. The number of hydrogen-bond acceptors (Lipinski definition) is 6. The highest BCUT2D eigenvalue weighted by Gasteiger charge is 2.30. The number of benzene rings is 2. The minimum atomic E-state index is -4.39. The molecule has 1 heterocycles. The summed E-state index contributed by atoms with van der Waals surface area (Å²) in [5.74, 6) is 0.370. The van der Waals surface area contributed by atoms with Crippen LogP contribution in [0.1, 0.15) is 65.2 Å². The second-order valence-corrected chi connectivity index (χ2v) is 9.68. The first-order valence-electron chi connectivity index (χ1n) is 11.5. The molecule has 2 aromatic carbocycles. The van der Waals surface area contributed by atoms with Crippen molar-refractivity contribution in [1.29, 1.82) is 0 Å². The highest BCUT2D eigenvalue weighted by atomic mass is 32.1. The fraction of sp³-hybridized carbons (Fsp3) is 0.370. The molecule has 5 nitrogen and oxygen atoms in total. The molecule has 0 aliphatic carbocycles. The Morgan fingerprint density at radius 1 is 1.06 bits per heavy atom. The van der Waals surface area contributed by atoms with Gasteiger partial charge in [0.05, 0.1) is 11.3 Å². The largest absolute Gasteiger partial charge is 0.490 e. The number of aromatic nitrogens is 1. The van der Waals surface area contributed by atoms with Crippen molar-refractivity contribution in [2.75, 3.05) is 13.2 Å². The van der Waals surface area contributed by atoms with Gasteiger partial charge < -0.3 is 9.47 Å². The van der Waals surface area contributed by atoms with E-state index in [0.29, 0.717) is 28.3 Å². The Labute approximate surface area is 212 Å². The summed E-state index contributed by atoms with van der Waals surface area (Å²) < 4.78 is 49.1. The molecular formula is C27H28F3NO4S. The van der Waals surface area contributed by atoms with E-state index in [2.05, 4.69) is 4.98 Å². The first-order valence-corrected chi connectivity index (χ1v) is 12.3. The average molecular weight is 520 g/mol. The van der Waals surface area contributed by atoms with Crippen LogP contribution in [0.3, 0.4) is 0 Å². The first-order chi connectivity index (χ1) is 17.0. The third-order valence-electron chi connectivity index (χ3n) is 5.44. The van der Waals surface area contributed by atoms with Crippen molar-refractivity contribution in [1.82, 2.24) is 4.98 Å². The van der Waals surface area contributed by atoms with E-state index < -0.39 is 11.7 Å². The van der Waals surface area contributed by atoms with Gasteiger partial charge in [-0.15, -0.1) is 11.3 Å². The highest BCUT2D eigenvalue weighted by Crippen LogP contribution is 2.36. The Morgan fingerprint density at radius 2 is 1.75 bits per heavy atom. The molecule has 192 valence electrons. The number of esters is 1. The van der Waals surface area contributed by atoms with Crippen molar-refractivity contribution < 1.29 is 32.2 Å². The number of nitrogens with zero attached hydrogens (tertiary/aromatic N) is 1. The number of alkyl halides is 3. The maximum absolute atomic E-state index is 12.9. The number of carbonyl (C=O) groups excluding carboxylic acids is 2. The van der Waals surface area contributed by atoms with E-state index in [-0.39, 0.29) is 37.3 Å². The molecule has 0 spiro atoms. The SMILES string of the molecule is CC(=O)OCCOc1ccc(C(=O)CCc2nc(-c3ccc(C(F)(F)F)cc3)sc2C(C)C)cc1C. The molecular weight excluding hydrogens is 491 g/mol. The van der Waals surface area contributed by atoms with E-state index in [1.807, 2.05) is 20.8 Å². The average Bonchev–Trinajstić information content (AvgIpc) is 3.25. The normalized spacial score (nSPS) is 11.6. The van der Waals surface area contributed by atoms with E-state index >= 15 is 0 Å². The van der Waals surface area contributed by atoms with Gasteiger partial charge in [-0.2, -0.15) is 13.2 Å². The molecule has 9 heteroatoms. The van der Waals surface area contributed by atoms with Crippen LogP contribution >= 0.6 is 11.3 Å². The Balaban J connectivity index is 1.68. The van der Waals surface area contributed by atoms with Gasteiger partial charge >= 0.3 is 12.1 Å². The Hall–Kier alpha value is -3.20. The van der Waals surface area contributed by atoms with Crippen molar-refractivity contribution >= 4 is 23.1 Å². The predicted octanol–water partition coefficient (Wildman–Crippen LogP) is 7.02. The minimum Gasteiger partial charge on any atom is -0.490 e. The lowest BCUT2D eigenvalue weighted by Crippen LogP contribution is -2.10. The number of Topliss-reactive ketones (excluding diaryl/α,β-unsaturated/α-hetero) is 1. The van der Waals surface area contributed by atoms with Crippen LogP contribution in [0.4, 0.5) is 13.2 Å². The van der Waals surface area contributed by atoms with Crippen molar-refractivity contribution in [3.8, 4) is 16.3 Å². The smallest absolute Gasteiger partial charge is 0.416 e.